The van der Waals surface area contributed by atoms with E-state index in [0.29, 0.717) is 19.1 Å². The number of carbonyl (C=O) groups is 1. The topological polar surface area (TPSA) is 84.0 Å². The summed E-state index contributed by atoms with van der Waals surface area (Å²) in [6.07, 6.45) is 3.73. The van der Waals surface area contributed by atoms with E-state index in [1.54, 1.807) is 0 Å². The molecule has 1 aromatic rings. The first-order chi connectivity index (χ1) is 13.8. The van der Waals surface area contributed by atoms with Crippen molar-refractivity contribution in [2.75, 3.05) is 44.8 Å². The Morgan fingerprint density at radius 2 is 2.11 bits per heavy atom. The number of fused-ring (bicyclic) bond motifs is 1. The van der Waals surface area contributed by atoms with Crippen molar-refractivity contribution >= 4 is 17.6 Å². The number of carbonyl (C=O) groups excluding carboxylic acids is 1. The van der Waals surface area contributed by atoms with Gasteiger partial charge in [-0.25, -0.2) is 0 Å². The van der Waals surface area contributed by atoms with Crippen LogP contribution in [0.3, 0.4) is 0 Å². The van der Waals surface area contributed by atoms with Crippen LogP contribution >= 0.6 is 0 Å². The molecule has 1 fully saturated rings. The van der Waals surface area contributed by atoms with Crippen LogP contribution in [0.5, 0.6) is 0 Å². The molecule has 0 aliphatic carbocycles. The zero-order valence-corrected chi connectivity index (χ0v) is 16.7. The van der Waals surface area contributed by atoms with Crippen molar-refractivity contribution in [3.05, 3.63) is 29.8 Å². The average Bonchev–Trinajstić information content (AvgIpc) is 2.72. The van der Waals surface area contributed by atoms with Crippen LogP contribution in [0.2, 0.25) is 0 Å². The number of nitrogens with one attached hydrogen (secondary N) is 3. The molecule has 2 heterocycles. The van der Waals surface area contributed by atoms with E-state index >= 15 is 0 Å². The van der Waals surface area contributed by atoms with Gasteiger partial charge in [-0.3, -0.25) is 9.79 Å². The molecule has 1 unspecified atom stereocenters. The molecule has 2 aliphatic rings. The minimum atomic E-state index is 0.0575. The van der Waals surface area contributed by atoms with Gasteiger partial charge in [0.1, 0.15) is 0 Å². The highest BCUT2D eigenvalue weighted by molar-refractivity contribution is 5.94. The van der Waals surface area contributed by atoms with Crippen LogP contribution in [0.1, 0.15) is 44.1 Å². The van der Waals surface area contributed by atoms with E-state index in [1.165, 1.54) is 0 Å². The van der Waals surface area contributed by atoms with Crippen LogP contribution in [0, 0.1) is 0 Å². The normalized spacial score (nSPS) is 20.4. The average molecular weight is 389 g/mol. The first kappa shape index (κ1) is 20.6. The van der Waals surface area contributed by atoms with Crippen LogP contribution in [0.15, 0.2) is 29.3 Å². The molecule has 1 atom stereocenters. The van der Waals surface area contributed by atoms with Gasteiger partial charge in [0.2, 0.25) is 5.91 Å². The van der Waals surface area contributed by atoms with Crippen molar-refractivity contribution in [3.63, 3.8) is 0 Å². The van der Waals surface area contributed by atoms with Crippen molar-refractivity contribution in [1.29, 1.82) is 0 Å². The summed E-state index contributed by atoms with van der Waals surface area (Å²) in [4.78, 5) is 16.7. The summed E-state index contributed by atoms with van der Waals surface area (Å²) in [5.41, 5.74) is 2.06. The largest absolute Gasteiger partial charge is 0.381 e. The number of hydrogen-bond acceptors (Lipinski definition) is 4. The van der Waals surface area contributed by atoms with E-state index < -0.39 is 0 Å². The molecular formula is C21H32N4O3. The van der Waals surface area contributed by atoms with E-state index in [9.17, 15) is 4.79 Å². The van der Waals surface area contributed by atoms with Crippen molar-refractivity contribution in [1.82, 2.24) is 10.6 Å². The molecule has 1 amide bonds. The van der Waals surface area contributed by atoms with Gasteiger partial charge >= 0.3 is 0 Å². The molecule has 7 heteroatoms. The number of nitrogens with zero attached hydrogens (tertiary/aromatic N) is 1. The van der Waals surface area contributed by atoms with Gasteiger partial charge in [0, 0.05) is 50.9 Å². The fourth-order valence-corrected chi connectivity index (χ4v) is 3.58. The second-order valence-corrected chi connectivity index (χ2v) is 7.22. The highest BCUT2D eigenvalue weighted by Crippen LogP contribution is 2.31. The molecule has 7 nitrogen and oxygen atoms in total. The van der Waals surface area contributed by atoms with Crippen molar-refractivity contribution < 1.29 is 14.3 Å². The second-order valence-electron chi connectivity index (χ2n) is 7.22. The quantitative estimate of drug-likeness (QED) is 0.361. The molecule has 0 radical (unpaired) electrons. The summed E-state index contributed by atoms with van der Waals surface area (Å²) in [7, 11) is 0. The maximum atomic E-state index is 12.0. The SMILES string of the molecule is CCNC(=NCC1CC(=O)Nc2ccccc21)NCCCOC1CCOCC1. The standard InChI is InChI=1S/C21H32N4O3/c1-2-22-21(23-10-5-11-28-17-8-12-27-13-9-17)24-15-16-14-20(26)25-19-7-4-3-6-18(16)19/h3-4,6-7,16-17H,2,5,8-15H2,1H3,(H,25,26)(H2,22,23,24). The number of benzene rings is 1. The summed E-state index contributed by atoms with van der Waals surface area (Å²) < 4.78 is 11.3. The molecule has 0 spiro atoms. The molecule has 3 N–H and O–H groups in total. The molecular weight excluding hydrogens is 356 g/mol. The lowest BCUT2D eigenvalue weighted by atomic mass is 9.91. The number of amides is 1. The van der Waals surface area contributed by atoms with E-state index in [-0.39, 0.29) is 11.8 Å². The first-order valence-corrected chi connectivity index (χ1v) is 10.4. The molecule has 154 valence electrons. The van der Waals surface area contributed by atoms with Crippen LogP contribution in [-0.2, 0) is 14.3 Å². The van der Waals surface area contributed by atoms with E-state index in [4.69, 9.17) is 14.5 Å². The smallest absolute Gasteiger partial charge is 0.225 e. The molecule has 0 bridgehead atoms. The molecule has 3 rings (SSSR count). The Labute approximate surface area is 167 Å². The molecule has 1 aromatic carbocycles. The number of hydrogen-bond donors (Lipinski definition) is 3. The molecule has 1 saturated heterocycles. The number of guanidine groups is 1. The Bertz CT molecular complexity index is 659. The predicted molar refractivity (Wildman–Crippen MR) is 111 cm³/mol. The van der Waals surface area contributed by atoms with Gasteiger partial charge in [0.25, 0.3) is 0 Å². The van der Waals surface area contributed by atoms with Crippen molar-refractivity contribution in [3.8, 4) is 0 Å². The van der Waals surface area contributed by atoms with Crippen LogP contribution in [-0.4, -0.2) is 57.4 Å². The third kappa shape index (κ3) is 6.21. The Morgan fingerprint density at radius 3 is 2.93 bits per heavy atom. The number of ether oxygens (including phenoxy) is 2. The van der Waals surface area contributed by atoms with Crippen molar-refractivity contribution in [2.45, 2.75) is 44.6 Å². The molecule has 2 aliphatic heterocycles. The van der Waals surface area contributed by atoms with Crippen molar-refractivity contribution in [2.24, 2.45) is 4.99 Å². The number of aliphatic imine (C=N–C) groups is 1. The lowest BCUT2D eigenvalue weighted by Gasteiger charge is -2.24. The highest BCUT2D eigenvalue weighted by Gasteiger charge is 2.24. The first-order valence-electron chi connectivity index (χ1n) is 10.4. The molecule has 0 aromatic heterocycles. The van der Waals surface area contributed by atoms with E-state index in [1.807, 2.05) is 18.2 Å². The third-order valence-corrected chi connectivity index (χ3v) is 5.06. The Kier molecular flexibility index (Phi) is 8.11. The predicted octanol–water partition coefficient (Wildman–Crippen LogP) is 2.25. The minimum absolute atomic E-state index is 0.0575. The second kappa shape index (κ2) is 11.0. The summed E-state index contributed by atoms with van der Waals surface area (Å²) in [6, 6.07) is 7.97. The lowest BCUT2D eigenvalue weighted by Crippen LogP contribution is -2.38. The number of para-hydroxylation sites is 1. The fraction of sp³-hybridized carbons (Fsp3) is 0.619. The Balaban J connectivity index is 1.45. The zero-order valence-electron chi connectivity index (χ0n) is 16.7. The van der Waals surface area contributed by atoms with Crippen LogP contribution < -0.4 is 16.0 Å². The number of rotatable bonds is 8. The van der Waals surface area contributed by atoms with Gasteiger partial charge in [-0.05, 0) is 37.8 Å². The maximum absolute atomic E-state index is 12.0. The molecule has 28 heavy (non-hydrogen) atoms. The van der Waals surface area contributed by atoms with E-state index in [2.05, 4.69) is 28.9 Å². The minimum Gasteiger partial charge on any atom is -0.381 e. The van der Waals surface area contributed by atoms with Crippen LogP contribution in [0.25, 0.3) is 0 Å². The maximum Gasteiger partial charge on any atom is 0.225 e. The Morgan fingerprint density at radius 1 is 1.29 bits per heavy atom. The highest BCUT2D eigenvalue weighted by atomic mass is 16.5. The zero-order chi connectivity index (χ0) is 19.6. The molecule has 0 saturated carbocycles. The van der Waals surface area contributed by atoms with Gasteiger partial charge in [0.15, 0.2) is 5.96 Å². The summed E-state index contributed by atoms with van der Waals surface area (Å²) in [5, 5.41) is 9.58. The van der Waals surface area contributed by atoms with Gasteiger partial charge in [-0.2, -0.15) is 0 Å². The van der Waals surface area contributed by atoms with Gasteiger partial charge in [-0.15, -0.1) is 0 Å². The summed E-state index contributed by atoms with van der Waals surface area (Å²) >= 11 is 0. The van der Waals surface area contributed by atoms with Crippen LogP contribution in [0.4, 0.5) is 5.69 Å². The van der Waals surface area contributed by atoms with E-state index in [0.717, 1.165) is 69.4 Å². The third-order valence-electron chi connectivity index (χ3n) is 5.06. The monoisotopic (exact) mass is 388 g/mol. The van der Waals surface area contributed by atoms with Gasteiger partial charge < -0.3 is 25.4 Å². The summed E-state index contributed by atoms with van der Waals surface area (Å²) in [5.74, 6) is 0.955. The number of anilines is 1. The van der Waals surface area contributed by atoms with Gasteiger partial charge in [-0.1, -0.05) is 18.2 Å². The van der Waals surface area contributed by atoms with Gasteiger partial charge in [0.05, 0.1) is 12.6 Å². The fourth-order valence-electron chi connectivity index (χ4n) is 3.58. The summed E-state index contributed by atoms with van der Waals surface area (Å²) in [6.45, 7) is 6.59. The Hall–Kier alpha value is -2.12. The lowest BCUT2D eigenvalue weighted by molar-refractivity contribution is -0.116.